The van der Waals surface area contributed by atoms with Gasteiger partial charge in [-0.1, -0.05) is 12.1 Å². The first kappa shape index (κ1) is 27.8. The lowest BCUT2D eigenvalue weighted by atomic mass is 10.0. The predicted octanol–water partition coefficient (Wildman–Crippen LogP) is -1.13. The van der Waals surface area contributed by atoms with Crippen molar-refractivity contribution in [2.75, 3.05) is 38.5 Å². The zero-order chi connectivity index (χ0) is 25.8. The molecule has 1 aliphatic heterocycles. The Labute approximate surface area is 205 Å². The van der Waals surface area contributed by atoms with Gasteiger partial charge < -0.3 is 31.6 Å². The Hall–Kier alpha value is -3.48. The summed E-state index contributed by atoms with van der Waals surface area (Å²) in [6.45, 7) is 4.09. The molecule has 1 saturated heterocycles. The maximum Gasteiger partial charge on any atom is 0.249 e. The van der Waals surface area contributed by atoms with Crippen molar-refractivity contribution in [2.24, 2.45) is 11.6 Å². The molecule has 1 atom stereocenters. The van der Waals surface area contributed by atoms with E-state index in [0.717, 1.165) is 11.1 Å². The van der Waals surface area contributed by atoms with Gasteiger partial charge in [0.1, 0.15) is 6.04 Å². The molecule has 8 N–H and O–H groups in total. The highest BCUT2D eigenvalue weighted by Gasteiger charge is 2.31. The zero-order valence-corrected chi connectivity index (χ0v) is 20.3. The van der Waals surface area contributed by atoms with Gasteiger partial charge in [-0.3, -0.25) is 24.5 Å². The highest BCUT2D eigenvalue weighted by atomic mass is 16.2. The van der Waals surface area contributed by atoms with Crippen LogP contribution in [0.2, 0.25) is 0 Å². The van der Waals surface area contributed by atoms with Crippen molar-refractivity contribution in [2.45, 2.75) is 38.8 Å². The fourth-order valence-electron chi connectivity index (χ4n) is 3.71. The smallest absolute Gasteiger partial charge is 0.249 e. The van der Waals surface area contributed by atoms with E-state index in [1.165, 1.54) is 9.91 Å². The van der Waals surface area contributed by atoms with Crippen molar-refractivity contribution in [1.29, 1.82) is 0 Å². The number of nitrogens with zero attached hydrogens (tertiary/aromatic N) is 2. The van der Waals surface area contributed by atoms with Crippen molar-refractivity contribution >= 4 is 29.8 Å². The van der Waals surface area contributed by atoms with Crippen molar-refractivity contribution in [3.05, 3.63) is 41.2 Å². The number of hydrazine groups is 1. The third-order valence-corrected chi connectivity index (χ3v) is 5.56. The van der Waals surface area contributed by atoms with Gasteiger partial charge in [0.25, 0.3) is 0 Å². The Bertz CT molecular complexity index is 936. The summed E-state index contributed by atoms with van der Waals surface area (Å²) < 4.78 is 0. The minimum Gasteiger partial charge on any atom is -0.400 e. The first-order valence-electron chi connectivity index (χ1n) is 11.5. The molecule has 1 heterocycles. The number of carbonyl (C=O) groups is 4. The Balaban J connectivity index is 1.88. The molecule has 1 fully saturated rings. The molecule has 192 valence electrons. The van der Waals surface area contributed by atoms with Crippen molar-refractivity contribution < 1.29 is 19.2 Å². The number of anilines is 1. The van der Waals surface area contributed by atoms with Gasteiger partial charge >= 0.3 is 0 Å². The minimum atomic E-state index is -0.733. The van der Waals surface area contributed by atoms with Crippen LogP contribution < -0.4 is 32.8 Å². The van der Waals surface area contributed by atoms with Gasteiger partial charge in [0.15, 0.2) is 0 Å². The average molecular weight is 489 g/mol. The number of rotatable bonds is 14. The van der Waals surface area contributed by atoms with E-state index in [1.54, 1.807) is 19.3 Å². The van der Waals surface area contributed by atoms with Crippen LogP contribution in [0.25, 0.3) is 0 Å². The van der Waals surface area contributed by atoms with Crippen LogP contribution in [0.1, 0.15) is 30.4 Å². The summed E-state index contributed by atoms with van der Waals surface area (Å²) in [7, 11) is 1.80. The highest BCUT2D eigenvalue weighted by Crippen LogP contribution is 2.23. The molecule has 0 saturated carbocycles. The summed E-state index contributed by atoms with van der Waals surface area (Å²) in [6.07, 6.45) is 2.93. The molecule has 2 rings (SSSR count). The standard InChI is InChI=1S/C23H36N8O4/c1-16-4-3-5-19(18(16)14-30(15-32)20-6-7-21(33)29-23(20)35)28-22(34)8-9-27-10-11-31(25)13-17(24)12-26-2/h3-5,13,15,20,26-27H,6-12,14,24-25H2,1-2H3,(H,28,34)(H,29,33,35)/b17-13-. The van der Waals surface area contributed by atoms with Crippen LogP contribution in [0.3, 0.4) is 0 Å². The first-order chi connectivity index (χ1) is 16.7. The van der Waals surface area contributed by atoms with Gasteiger partial charge in [-0.2, -0.15) is 0 Å². The molecule has 35 heavy (non-hydrogen) atoms. The molecule has 4 amide bonds. The van der Waals surface area contributed by atoms with E-state index in [4.69, 9.17) is 11.6 Å². The minimum absolute atomic E-state index is 0.132. The van der Waals surface area contributed by atoms with E-state index in [2.05, 4.69) is 21.3 Å². The molecule has 1 unspecified atom stereocenters. The highest BCUT2D eigenvalue weighted by molar-refractivity contribution is 6.01. The molecular weight excluding hydrogens is 452 g/mol. The lowest BCUT2D eigenvalue weighted by Gasteiger charge is -2.31. The molecule has 0 radical (unpaired) electrons. The molecule has 0 spiro atoms. The van der Waals surface area contributed by atoms with Gasteiger partial charge in [0, 0.05) is 63.1 Å². The van der Waals surface area contributed by atoms with Gasteiger partial charge in [0.2, 0.25) is 24.1 Å². The van der Waals surface area contributed by atoms with Gasteiger partial charge in [-0.05, 0) is 37.6 Å². The number of benzene rings is 1. The molecule has 1 aromatic carbocycles. The number of hydrogen-bond donors (Lipinski definition) is 6. The normalized spacial score (nSPS) is 16.0. The Morgan fingerprint density at radius 3 is 2.74 bits per heavy atom. The molecule has 12 heteroatoms. The monoisotopic (exact) mass is 488 g/mol. The molecule has 0 bridgehead atoms. The quantitative estimate of drug-likeness (QED) is 0.0622. The fraction of sp³-hybridized carbons (Fsp3) is 0.478. The second-order valence-electron chi connectivity index (χ2n) is 8.37. The number of nitrogens with two attached hydrogens (primary N) is 2. The fourth-order valence-corrected chi connectivity index (χ4v) is 3.71. The maximum absolute atomic E-state index is 12.5. The third-order valence-electron chi connectivity index (χ3n) is 5.56. The second kappa shape index (κ2) is 14.0. The first-order valence-corrected chi connectivity index (χ1v) is 11.5. The van der Waals surface area contributed by atoms with E-state index < -0.39 is 11.9 Å². The van der Waals surface area contributed by atoms with Crippen LogP contribution in [0.4, 0.5) is 5.69 Å². The number of aryl methyl sites for hydroxylation is 1. The van der Waals surface area contributed by atoms with E-state index in [9.17, 15) is 19.2 Å². The number of amides is 4. The van der Waals surface area contributed by atoms with Crippen LogP contribution in [-0.2, 0) is 25.7 Å². The largest absolute Gasteiger partial charge is 0.400 e. The molecule has 0 aromatic heterocycles. The van der Waals surface area contributed by atoms with Crippen molar-refractivity contribution in [1.82, 2.24) is 25.9 Å². The van der Waals surface area contributed by atoms with Crippen molar-refractivity contribution in [3.8, 4) is 0 Å². The second-order valence-corrected chi connectivity index (χ2v) is 8.37. The number of imide groups is 1. The molecular formula is C23H36N8O4. The maximum atomic E-state index is 12.5. The number of hydrogen-bond acceptors (Lipinski definition) is 9. The number of nitrogens with one attached hydrogen (secondary N) is 4. The summed E-state index contributed by atoms with van der Waals surface area (Å²) in [5.41, 5.74) is 8.59. The molecule has 0 aliphatic carbocycles. The van der Waals surface area contributed by atoms with Crippen LogP contribution in [0.15, 0.2) is 30.1 Å². The summed E-state index contributed by atoms with van der Waals surface area (Å²) in [5, 5.41) is 12.8. The van der Waals surface area contributed by atoms with E-state index in [-0.39, 0.29) is 37.6 Å². The summed E-state index contributed by atoms with van der Waals surface area (Å²) >= 11 is 0. The van der Waals surface area contributed by atoms with E-state index in [1.807, 2.05) is 19.1 Å². The Kier molecular flexibility index (Phi) is 11.1. The lowest BCUT2D eigenvalue weighted by Crippen LogP contribution is -2.51. The third kappa shape index (κ3) is 9.00. The SMILES string of the molecule is CNC/C(N)=C/N(N)CCNCCC(=O)Nc1cccc(C)c1CN(C=O)C1CCC(=O)NC1=O. The van der Waals surface area contributed by atoms with Gasteiger partial charge in [0.05, 0.1) is 0 Å². The number of likely N-dealkylation sites (N-methyl/N-ethyl adjacent to an activating group) is 1. The topological polar surface area (TPSA) is 175 Å². The number of piperidine rings is 1. The van der Waals surface area contributed by atoms with Crippen LogP contribution in [-0.4, -0.2) is 73.3 Å². The van der Waals surface area contributed by atoms with E-state index in [0.29, 0.717) is 44.0 Å². The Morgan fingerprint density at radius 1 is 1.29 bits per heavy atom. The Morgan fingerprint density at radius 2 is 2.06 bits per heavy atom. The molecule has 1 aliphatic rings. The van der Waals surface area contributed by atoms with Gasteiger partial charge in [-0.15, -0.1) is 0 Å². The van der Waals surface area contributed by atoms with Crippen LogP contribution in [0.5, 0.6) is 0 Å². The predicted molar refractivity (Wildman–Crippen MR) is 132 cm³/mol. The van der Waals surface area contributed by atoms with Crippen LogP contribution >= 0.6 is 0 Å². The van der Waals surface area contributed by atoms with Crippen LogP contribution in [0, 0.1) is 6.92 Å². The average Bonchev–Trinajstić information content (AvgIpc) is 2.79. The molecule has 1 aromatic rings. The van der Waals surface area contributed by atoms with E-state index >= 15 is 0 Å². The summed E-state index contributed by atoms with van der Waals surface area (Å²) in [6, 6.07) is 4.71. The van der Waals surface area contributed by atoms with Crippen molar-refractivity contribution in [3.63, 3.8) is 0 Å². The molecule has 12 nitrogen and oxygen atoms in total. The number of carbonyl (C=O) groups excluding carboxylic acids is 4. The van der Waals surface area contributed by atoms with Gasteiger partial charge in [-0.25, -0.2) is 5.84 Å². The summed E-state index contributed by atoms with van der Waals surface area (Å²) in [5.74, 6) is 4.84. The zero-order valence-electron chi connectivity index (χ0n) is 20.3. The lowest BCUT2D eigenvalue weighted by molar-refractivity contribution is -0.141. The summed E-state index contributed by atoms with van der Waals surface area (Å²) in [4.78, 5) is 49.3.